The molecule has 142 valence electrons. The number of thiophene rings is 1. The number of hydrogen-bond donors (Lipinski definition) is 1. The Bertz CT molecular complexity index is 1020. The Labute approximate surface area is 165 Å². The van der Waals surface area contributed by atoms with E-state index in [0.717, 1.165) is 16.9 Å². The Morgan fingerprint density at radius 2 is 2.11 bits per heavy atom. The van der Waals surface area contributed by atoms with Crippen LogP contribution in [-0.2, 0) is 7.05 Å². The summed E-state index contributed by atoms with van der Waals surface area (Å²) in [4.78, 5) is 12.7. The Hall–Kier alpha value is -3.19. The van der Waals surface area contributed by atoms with Gasteiger partial charge in [0.15, 0.2) is 0 Å². The summed E-state index contributed by atoms with van der Waals surface area (Å²) >= 11 is 1.61. The largest absolute Gasteiger partial charge is 0.469 e. The quantitative estimate of drug-likeness (QED) is 0.525. The molecule has 0 aliphatic heterocycles. The van der Waals surface area contributed by atoms with E-state index in [2.05, 4.69) is 15.8 Å². The number of aryl methyl sites for hydroxylation is 1. The zero-order valence-electron chi connectivity index (χ0n) is 15.1. The van der Waals surface area contributed by atoms with Crippen LogP contribution in [0.1, 0.15) is 27.7 Å². The molecule has 4 aromatic rings. The van der Waals surface area contributed by atoms with Gasteiger partial charge in [-0.05, 0) is 64.9 Å². The van der Waals surface area contributed by atoms with Crippen LogP contribution in [0.4, 0.5) is 4.39 Å². The second-order valence-corrected chi connectivity index (χ2v) is 7.16. The molecule has 1 amide bonds. The molecule has 3 aromatic heterocycles. The first-order chi connectivity index (χ1) is 13.6. The van der Waals surface area contributed by atoms with E-state index in [1.165, 1.54) is 16.8 Å². The molecule has 0 aliphatic rings. The number of carbonyl (C=O) groups excluding carboxylic acids is 1. The van der Waals surface area contributed by atoms with Crippen molar-refractivity contribution in [2.24, 2.45) is 7.05 Å². The summed E-state index contributed by atoms with van der Waals surface area (Å²) in [6, 6.07) is 13.5. The van der Waals surface area contributed by atoms with Crippen molar-refractivity contribution < 1.29 is 13.6 Å². The average molecular weight is 395 g/mol. The van der Waals surface area contributed by atoms with Crippen LogP contribution in [0.2, 0.25) is 0 Å². The summed E-state index contributed by atoms with van der Waals surface area (Å²) in [5.41, 5.74) is 2.90. The number of aromatic nitrogens is 2. The highest BCUT2D eigenvalue weighted by Gasteiger charge is 2.20. The molecule has 4 rings (SSSR count). The molecule has 28 heavy (non-hydrogen) atoms. The van der Waals surface area contributed by atoms with E-state index >= 15 is 0 Å². The predicted molar refractivity (Wildman–Crippen MR) is 106 cm³/mol. The molecule has 0 bridgehead atoms. The maximum atomic E-state index is 13.1. The first-order valence-corrected chi connectivity index (χ1v) is 9.70. The minimum Gasteiger partial charge on any atom is -0.469 e. The van der Waals surface area contributed by atoms with Crippen molar-refractivity contribution >= 4 is 17.2 Å². The number of rotatable bonds is 6. The average Bonchev–Trinajstić information content (AvgIpc) is 3.45. The standard InChI is InChI=1S/C21H18FN3O2S/c1-25-19(11-18(24-25)14-4-6-16(22)7-5-14)21(26)23-12-17(15-8-10-28-13-15)20-3-2-9-27-20/h2-11,13,17H,12H2,1H3,(H,23,26). The topological polar surface area (TPSA) is 60.1 Å². The van der Waals surface area contributed by atoms with E-state index in [1.807, 2.05) is 23.6 Å². The first-order valence-electron chi connectivity index (χ1n) is 8.75. The first kappa shape index (κ1) is 18.2. The van der Waals surface area contributed by atoms with Crippen LogP contribution in [0.3, 0.4) is 0 Å². The number of hydrogen-bond acceptors (Lipinski definition) is 4. The fraction of sp³-hybridized carbons (Fsp3) is 0.143. The third-order valence-electron chi connectivity index (χ3n) is 4.55. The van der Waals surface area contributed by atoms with Crippen molar-refractivity contribution in [1.29, 1.82) is 0 Å². The van der Waals surface area contributed by atoms with E-state index < -0.39 is 0 Å². The Morgan fingerprint density at radius 3 is 2.79 bits per heavy atom. The van der Waals surface area contributed by atoms with Crippen molar-refractivity contribution in [3.63, 3.8) is 0 Å². The lowest BCUT2D eigenvalue weighted by Crippen LogP contribution is -2.30. The third-order valence-corrected chi connectivity index (χ3v) is 5.25. The summed E-state index contributed by atoms with van der Waals surface area (Å²) in [7, 11) is 1.71. The Morgan fingerprint density at radius 1 is 1.29 bits per heavy atom. The van der Waals surface area contributed by atoms with E-state index in [4.69, 9.17) is 4.42 Å². The van der Waals surface area contributed by atoms with Gasteiger partial charge in [-0.2, -0.15) is 16.4 Å². The molecule has 1 atom stereocenters. The number of furan rings is 1. The molecule has 3 heterocycles. The lowest BCUT2D eigenvalue weighted by Gasteiger charge is -2.14. The number of carbonyl (C=O) groups is 1. The number of benzene rings is 1. The molecule has 0 spiro atoms. The number of halogens is 1. The summed E-state index contributed by atoms with van der Waals surface area (Å²) in [5.74, 6) is 0.205. The zero-order chi connectivity index (χ0) is 19.5. The van der Waals surface area contributed by atoms with Crippen molar-refractivity contribution in [3.05, 3.63) is 88.4 Å². The molecule has 0 radical (unpaired) electrons. The van der Waals surface area contributed by atoms with E-state index in [9.17, 15) is 9.18 Å². The molecule has 5 nitrogen and oxygen atoms in total. The second kappa shape index (κ2) is 7.82. The predicted octanol–water partition coefficient (Wildman–Crippen LogP) is 4.44. The third kappa shape index (κ3) is 3.75. The lowest BCUT2D eigenvalue weighted by molar-refractivity contribution is 0.0942. The minimum absolute atomic E-state index is 0.0602. The zero-order valence-corrected chi connectivity index (χ0v) is 15.9. The molecule has 0 fully saturated rings. The van der Waals surface area contributed by atoms with Crippen LogP contribution in [0.5, 0.6) is 0 Å². The van der Waals surface area contributed by atoms with Gasteiger partial charge in [0.1, 0.15) is 17.3 Å². The van der Waals surface area contributed by atoms with Crippen molar-refractivity contribution in [3.8, 4) is 11.3 Å². The van der Waals surface area contributed by atoms with Gasteiger partial charge in [0.2, 0.25) is 0 Å². The fourth-order valence-electron chi connectivity index (χ4n) is 3.07. The monoisotopic (exact) mass is 395 g/mol. The van der Waals surface area contributed by atoms with E-state index in [1.54, 1.807) is 42.8 Å². The molecular weight excluding hydrogens is 377 g/mol. The molecule has 0 aliphatic carbocycles. The Kier molecular flexibility index (Phi) is 5.08. The van der Waals surface area contributed by atoms with E-state index in [-0.39, 0.29) is 17.6 Å². The van der Waals surface area contributed by atoms with Gasteiger partial charge in [-0.15, -0.1) is 0 Å². The highest BCUT2D eigenvalue weighted by atomic mass is 32.1. The maximum Gasteiger partial charge on any atom is 0.269 e. The SMILES string of the molecule is Cn1nc(-c2ccc(F)cc2)cc1C(=O)NCC(c1ccsc1)c1ccco1. The van der Waals surface area contributed by atoms with Gasteiger partial charge in [0.05, 0.1) is 17.9 Å². The molecule has 0 saturated carbocycles. The molecular formula is C21H18FN3O2S. The van der Waals surface area contributed by atoms with Crippen molar-refractivity contribution in [2.45, 2.75) is 5.92 Å². The smallest absolute Gasteiger partial charge is 0.269 e. The van der Waals surface area contributed by atoms with Gasteiger partial charge >= 0.3 is 0 Å². The van der Waals surface area contributed by atoms with Crippen molar-refractivity contribution in [1.82, 2.24) is 15.1 Å². The van der Waals surface area contributed by atoms with Gasteiger partial charge in [0, 0.05) is 19.2 Å². The van der Waals surface area contributed by atoms with Crippen LogP contribution in [0, 0.1) is 5.82 Å². The van der Waals surface area contributed by atoms with Gasteiger partial charge in [-0.3, -0.25) is 9.48 Å². The number of amides is 1. The molecule has 1 N–H and O–H groups in total. The van der Waals surface area contributed by atoms with Gasteiger partial charge in [-0.1, -0.05) is 0 Å². The summed E-state index contributed by atoms with van der Waals surface area (Å²) in [6.07, 6.45) is 1.63. The maximum absolute atomic E-state index is 13.1. The summed E-state index contributed by atoms with van der Waals surface area (Å²) in [5, 5.41) is 11.4. The van der Waals surface area contributed by atoms with Crippen LogP contribution in [0.15, 0.2) is 70.0 Å². The van der Waals surface area contributed by atoms with Gasteiger partial charge < -0.3 is 9.73 Å². The van der Waals surface area contributed by atoms with Crippen LogP contribution in [-0.4, -0.2) is 22.2 Å². The molecule has 0 saturated heterocycles. The fourth-order valence-corrected chi connectivity index (χ4v) is 3.79. The molecule has 1 unspecified atom stereocenters. The van der Waals surface area contributed by atoms with Crippen LogP contribution >= 0.6 is 11.3 Å². The molecule has 7 heteroatoms. The van der Waals surface area contributed by atoms with Gasteiger partial charge in [-0.25, -0.2) is 4.39 Å². The summed E-state index contributed by atoms with van der Waals surface area (Å²) < 4.78 is 20.2. The molecule has 1 aromatic carbocycles. The number of nitrogens with one attached hydrogen (secondary N) is 1. The summed E-state index contributed by atoms with van der Waals surface area (Å²) in [6.45, 7) is 0.403. The van der Waals surface area contributed by atoms with Crippen LogP contribution in [0.25, 0.3) is 11.3 Å². The van der Waals surface area contributed by atoms with E-state index in [0.29, 0.717) is 17.9 Å². The number of nitrogens with zero attached hydrogens (tertiary/aromatic N) is 2. The van der Waals surface area contributed by atoms with Crippen LogP contribution < -0.4 is 5.32 Å². The lowest BCUT2D eigenvalue weighted by atomic mass is 9.99. The normalized spacial score (nSPS) is 12.1. The highest BCUT2D eigenvalue weighted by Crippen LogP contribution is 2.26. The van der Waals surface area contributed by atoms with Crippen molar-refractivity contribution in [2.75, 3.05) is 6.54 Å². The highest BCUT2D eigenvalue weighted by molar-refractivity contribution is 7.08. The Balaban J connectivity index is 1.51. The second-order valence-electron chi connectivity index (χ2n) is 6.38. The van der Waals surface area contributed by atoms with Gasteiger partial charge in [0.25, 0.3) is 5.91 Å². The minimum atomic E-state index is -0.310.